The molecule has 0 bridgehead atoms. The van der Waals surface area contributed by atoms with Crippen LogP contribution in [0.25, 0.3) is 11.3 Å². The van der Waals surface area contributed by atoms with E-state index >= 15 is 0 Å². The Balaban J connectivity index is 2.54. The summed E-state index contributed by atoms with van der Waals surface area (Å²) in [7, 11) is 0. The van der Waals surface area contributed by atoms with Crippen molar-refractivity contribution in [1.82, 2.24) is 5.16 Å². The zero-order valence-electron chi connectivity index (χ0n) is 11.0. The molecule has 2 aromatic rings. The number of esters is 1. The maximum absolute atomic E-state index is 13.9. The standard InChI is InChI=1S/C14H14FNO3/c1-4-18-14(17)12-9(3)19-16-13(12)10-6-5-8(2)7-11(10)15/h5-7H,4H2,1-3H3. The van der Waals surface area contributed by atoms with Gasteiger partial charge in [0.25, 0.3) is 0 Å². The van der Waals surface area contributed by atoms with Crippen molar-refractivity contribution in [2.24, 2.45) is 0 Å². The summed E-state index contributed by atoms with van der Waals surface area (Å²) in [4.78, 5) is 11.9. The van der Waals surface area contributed by atoms with Crippen molar-refractivity contribution in [2.45, 2.75) is 20.8 Å². The fourth-order valence-corrected chi connectivity index (χ4v) is 1.81. The third kappa shape index (κ3) is 2.50. The summed E-state index contributed by atoms with van der Waals surface area (Å²) < 4.78 is 23.9. The van der Waals surface area contributed by atoms with Crippen LogP contribution in [-0.4, -0.2) is 17.7 Å². The van der Waals surface area contributed by atoms with Crippen LogP contribution in [0.1, 0.15) is 28.6 Å². The van der Waals surface area contributed by atoms with Crippen LogP contribution in [0.3, 0.4) is 0 Å². The van der Waals surface area contributed by atoms with Gasteiger partial charge in [0, 0.05) is 5.56 Å². The molecule has 0 aliphatic carbocycles. The topological polar surface area (TPSA) is 52.3 Å². The number of aryl methyl sites for hydroxylation is 2. The molecule has 0 atom stereocenters. The summed E-state index contributed by atoms with van der Waals surface area (Å²) in [6.07, 6.45) is 0. The van der Waals surface area contributed by atoms with Crippen LogP contribution < -0.4 is 0 Å². The molecule has 0 aliphatic heterocycles. The average Bonchev–Trinajstić information content (AvgIpc) is 2.71. The Bertz CT molecular complexity index is 619. The first-order valence-electron chi connectivity index (χ1n) is 5.94. The Morgan fingerprint density at radius 3 is 2.79 bits per heavy atom. The molecule has 0 radical (unpaired) electrons. The number of carbonyl (C=O) groups excluding carboxylic acids is 1. The second kappa shape index (κ2) is 5.22. The van der Waals surface area contributed by atoms with Gasteiger partial charge in [-0.2, -0.15) is 0 Å². The van der Waals surface area contributed by atoms with Crippen molar-refractivity contribution in [3.63, 3.8) is 0 Å². The van der Waals surface area contributed by atoms with Gasteiger partial charge in [-0.05, 0) is 38.5 Å². The molecule has 0 amide bonds. The minimum absolute atomic E-state index is 0.171. The second-order valence-corrected chi connectivity index (χ2v) is 4.17. The Labute approximate surface area is 110 Å². The van der Waals surface area contributed by atoms with E-state index in [9.17, 15) is 9.18 Å². The molecule has 0 spiro atoms. The van der Waals surface area contributed by atoms with E-state index < -0.39 is 11.8 Å². The fraction of sp³-hybridized carbons (Fsp3) is 0.286. The first kappa shape index (κ1) is 13.3. The Kier molecular flexibility index (Phi) is 3.64. The molecule has 19 heavy (non-hydrogen) atoms. The van der Waals surface area contributed by atoms with Gasteiger partial charge >= 0.3 is 5.97 Å². The highest BCUT2D eigenvalue weighted by atomic mass is 19.1. The highest BCUT2D eigenvalue weighted by Gasteiger charge is 2.24. The van der Waals surface area contributed by atoms with Crippen molar-refractivity contribution in [3.05, 3.63) is 40.9 Å². The Morgan fingerprint density at radius 1 is 1.42 bits per heavy atom. The number of rotatable bonds is 3. The Morgan fingerprint density at radius 2 is 2.16 bits per heavy atom. The van der Waals surface area contributed by atoms with E-state index in [0.717, 1.165) is 5.56 Å². The van der Waals surface area contributed by atoms with Crippen LogP contribution in [0, 0.1) is 19.7 Å². The van der Waals surface area contributed by atoms with Crippen molar-refractivity contribution in [3.8, 4) is 11.3 Å². The number of ether oxygens (including phenoxy) is 1. The van der Waals surface area contributed by atoms with Crippen molar-refractivity contribution < 1.29 is 18.4 Å². The zero-order chi connectivity index (χ0) is 14.0. The molecule has 1 aromatic carbocycles. The average molecular weight is 263 g/mol. The number of hydrogen-bond donors (Lipinski definition) is 0. The largest absolute Gasteiger partial charge is 0.462 e. The molecule has 100 valence electrons. The minimum atomic E-state index is -0.559. The zero-order valence-corrected chi connectivity index (χ0v) is 11.0. The van der Waals surface area contributed by atoms with Gasteiger partial charge in [-0.25, -0.2) is 9.18 Å². The molecule has 5 heteroatoms. The molecule has 4 nitrogen and oxygen atoms in total. The molecule has 0 saturated carbocycles. The van der Waals surface area contributed by atoms with Gasteiger partial charge in [0.1, 0.15) is 22.8 Å². The van der Waals surface area contributed by atoms with Gasteiger partial charge in [-0.1, -0.05) is 11.2 Å². The number of halogens is 1. The lowest BCUT2D eigenvalue weighted by atomic mass is 10.0. The van der Waals surface area contributed by atoms with E-state index in [4.69, 9.17) is 9.26 Å². The summed E-state index contributed by atoms with van der Waals surface area (Å²) in [6.45, 7) is 5.31. The molecular weight excluding hydrogens is 249 g/mol. The predicted octanol–water partition coefficient (Wildman–Crippen LogP) is 3.27. The highest BCUT2D eigenvalue weighted by molar-refractivity contribution is 5.97. The maximum atomic E-state index is 13.9. The van der Waals surface area contributed by atoms with E-state index in [2.05, 4.69) is 5.16 Å². The van der Waals surface area contributed by atoms with Gasteiger partial charge in [0.2, 0.25) is 0 Å². The first-order chi connectivity index (χ1) is 9.04. The third-order valence-electron chi connectivity index (χ3n) is 2.72. The predicted molar refractivity (Wildman–Crippen MR) is 67.3 cm³/mol. The van der Waals surface area contributed by atoms with Crippen LogP contribution in [0.15, 0.2) is 22.7 Å². The summed E-state index contributed by atoms with van der Waals surface area (Å²) in [5.41, 5.74) is 1.36. The molecular formula is C14H14FNO3. The summed E-state index contributed by atoms with van der Waals surface area (Å²) in [6, 6.07) is 4.70. The van der Waals surface area contributed by atoms with Crippen molar-refractivity contribution in [2.75, 3.05) is 6.61 Å². The quantitative estimate of drug-likeness (QED) is 0.797. The molecule has 0 unspecified atom stereocenters. The van der Waals surface area contributed by atoms with E-state index in [-0.39, 0.29) is 23.4 Å². The molecule has 1 aromatic heterocycles. The van der Waals surface area contributed by atoms with Crippen LogP contribution in [0.2, 0.25) is 0 Å². The molecule has 1 heterocycles. The number of nitrogens with zero attached hydrogens (tertiary/aromatic N) is 1. The van der Waals surface area contributed by atoms with Crippen LogP contribution >= 0.6 is 0 Å². The van der Waals surface area contributed by atoms with Gasteiger partial charge in [0.15, 0.2) is 0 Å². The van der Waals surface area contributed by atoms with Gasteiger partial charge < -0.3 is 9.26 Å². The highest BCUT2D eigenvalue weighted by Crippen LogP contribution is 2.28. The van der Waals surface area contributed by atoms with Gasteiger partial charge in [-0.3, -0.25) is 0 Å². The summed E-state index contributed by atoms with van der Waals surface area (Å²) in [5, 5.41) is 3.76. The fourth-order valence-electron chi connectivity index (χ4n) is 1.81. The Hall–Kier alpha value is -2.17. The number of benzene rings is 1. The van der Waals surface area contributed by atoms with E-state index in [0.29, 0.717) is 5.76 Å². The normalized spacial score (nSPS) is 10.5. The number of hydrogen-bond acceptors (Lipinski definition) is 4. The van der Waals surface area contributed by atoms with Crippen LogP contribution in [-0.2, 0) is 4.74 Å². The smallest absolute Gasteiger partial charge is 0.344 e. The van der Waals surface area contributed by atoms with E-state index in [1.54, 1.807) is 32.9 Å². The summed E-state index contributed by atoms with van der Waals surface area (Å²) >= 11 is 0. The molecule has 2 rings (SSSR count). The summed E-state index contributed by atoms with van der Waals surface area (Å²) in [5.74, 6) is -0.691. The van der Waals surface area contributed by atoms with E-state index in [1.165, 1.54) is 6.07 Å². The third-order valence-corrected chi connectivity index (χ3v) is 2.72. The molecule has 0 aliphatic rings. The lowest BCUT2D eigenvalue weighted by Crippen LogP contribution is -2.07. The number of aromatic nitrogens is 1. The van der Waals surface area contributed by atoms with Gasteiger partial charge in [0.05, 0.1) is 6.61 Å². The van der Waals surface area contributed by atoms with Crippen LogP contribution in [0.5, 0.6) is 0 Å². The SMILES string of the molecule is CCOC(=O)c1c(-c2ccc(C)cc2F)noc1C. The van der Waals surface area contributed by atoms with E-state index in [1.807, 2.05) is 0 Å². The monoisotopic (exact) mass is 263 g/mol. The minimum Gasteiger partial charge on any atom is -0.462 e. The van der Waals surface area contributed by atoms with Crippen molar-refractivity contribution >= 4 is 5.97 Å². The lowest BCUT2D eigenvalue weighted by molar-refractivity contribution is 0.0525. The molecule has 0 saturated heterocycles. The number of carbonyl (C=O) groups is 1. The molecule has 0 fully saturated rings. The second-order valence-electron chi connectivity index (χ2n) is 4.17. The first-order valence-corrected chi connectivity index (χ1v) is 5.94. The molecule has 0 N–H and O–H groups in total. The van der Waals surface area contributed by atoms with Crippen LogP contribution in [0.4, 0.5) is 4.39 Å². The van der Waals surface area contributed by atoms with Gasteiger partial charge in [-0.15, -0.1) is 0 Å². The maximum Gasteiger partial charge on any atom is 0.344 e. The van der Waals surface area contributed by atoms with Crippen molar-refractivity contribution in [1.29, 1.82) is 0 Å². The lowest BCUT2D eigenvalue weighted by Gasteiger charge is -2.04.